The van der Waals surface area contributed by atoms with Crippen molar-refractivity contribution in [1.29, 1.82) is 0 Å². The molecule has 0 radical (unpaired) electrons. The topological polar surface area (TPSA) is 95.6 Å². The van der Waals surface area contributed by atoms with Gasteiger partial charge in [-0.15, -0.1) is 6.42 Å². The second-order valence-electron chi connectivity index (χ2n) is 7.47. The standard InChI is InChI=1S/C21H29N3O4S/c1-6-9-22-19(25)13-23-21(26)18-7-10-24(11-8-18)29(27,28)20-16(4)14(2)12-15(3)17(20)5/h1,12,18H,7-11,13H2,2-5H3,(H,22,25)(H,23,26). The van der Waals surface area contributed by atoms with Gasteiger partial charge < -0.3 is 10.6 Å². The van der Waals surface area contributed by atoms with E-state index < -0.39 is 10.0 Å². The zero-order valence-corrected chi connectivity index (χ0v) is 18.3. The average Bonchev–Trinajstić information content (AvgIpc) is 2.69. The van der Waals surface area contributed by atoms with Crippen LogP contribution in [-0.4, -0.2) is 50.7 Å². The van der Waals surface area contributed by atoms with E-state index in [9.17, 15) is 18.0 Å². The second-order valence-corrected chi connectivity index (χ2v) is 9.34. The Kier molecular flexibility index (Phi) is 7.44. The minimum atomic E-state index is -3.63. The van der Waals surface area contributed by atoms with Gasteiger partial charge in [0.05, 0.1) is 18.0 Å². The lowest BCUT2D eigenvalue weighted by atomic mass is 9.97. The third-order valence-corrected chi connectivity index (χ3v) is 7.70. The molecule has 0 atom stereocenters. The number of aryl methyl sites for hydroxylation is 2. The van der Waals surface area contributed by atoms with Crippen LogP contribution in [0.5, 0.6) is 0 Å². The number of benzene rings is 1. The van der Waals surface area contributed by atoms with Crippen LogP contribution in [0.1, 0.15) is 35.1 Å². The van der Waals surface area contributed by atoms with Gasteiger partial charge in [-0.2, -0.15) is 4.31 Å². The lowest BCUT2D eigenvalue weighted by Crippen LogP contribution is -2.45. The Hall–Kier alpha value is -2.37. The molecule has 2 amide bonds. The Morgan fingerprint density at radius 1 is 1.10 bits per heavy atom. The van der Waals surface area contributed by atoms with E-state index in [1.54, 1.807) is 0 Å². The van der Waals surface area contributed by atoms with Crippen LogP contribution in [0.25, 0.3) is 0 Å². The van der Waals surface area contributed by atoms with Crippen LogP contribution in [0, 0.1) is 46.0 Å². The molecule has 0 unspecified atom stereocenters. The summed E-state index contributed by atoms with van der Waals surface area (Å²) in [4.78, 5) is 24.2. The molecule has 29 heavy (non-hydrogen) atoms. The number of hydrogen-bond acceptors (Lipinski definition) is 4. The van der Waals surface area contributed by atoms with Crippen molar-refractivity contribution in [2.45, 2.75) is 45.4 Å². The monoisotopic (exact) mass is 419 g/mol. The zero-order chi connectivity index (χ0) is 21.8. The lowest BCUT2D eigenvalue weighted by Gasteiger charge is -2.31. The van der Waals surface area contributed by atoms with Gasteiger partial charge in [-0.1, -0.05) is 12.0 Å². The number of piperidine rings is 1. The van der Waals surface area contributed by atoms with E-state index in [1.165, 1.54) is 4.31 Å². The van der Waals surface area contributed by atoms with Crippen LogP contribution in [0.4, 0.5) is 0 Å². The van der Waals surface area contributed by atoms with E-state index in [2.05, 4.69) is 16.6 Å². The Bertz CT molecular complexity index is 913. The van der Waals surface area contributed by atoms with E-state index >= 15 is 0 Å². The van der Waals surface area contributed by atoms with E-state index in [0.29, 0.717) is 17.7 Å². The molecule has 0 saturated carbocycles. The van der Waals surface area contributed by atoms with Gasteiger partial charge in [0.25, 0.3) is 0 Å². The van der Waals surface area contributed by atoms with Crippen LogP contribution in [0.15, 0.2) is 11.0 Å². The highest BCUT2D eigenvalue weighted by atomic mass is 32.2. The Morgan fingerprint density at radius 3 is 2.17 bits per heavy atom. The van der Waals surface area contributed by atoms with E-state index in [1.807, 2.05) is 33.8 Å². The quantitative estimate of drug-likeness (QED) is 0.677. The minimum Gasteiger partial charge on any atom is -0.347 e. The number of amides is 2. The zero-order valence-electron chi connectivity index (χ0n) is 17.5. The lowest BCUT2D eigenvalue weighted by molar-refractivity contribution is -0.129. The maximum atomic E-state index is 13.3. The van der Waals surface area contributed by atoms with Crippen LogP contribution < -0.4 is 10.6 Å². The first-order chi connectivity index (χ1) is 13.6. The molecule has 1 aliphatic rings. The average molecular weight is 420 g/mol. The summed E-state index contributed by atoms with van der Waals surface area (Å²) in [5.74, 6) is 1.38. The number of terminal acetylenes is 1. The Labute approximate surface area is 173 Å². The fourth-order valence-electron chi connectivity index (χ4n) is 3.58. The molecule has 1 saturated heterocycles. The molecule has 0 aromatic heterocycles. The molecule has 8 heteroatoms. The van der Waals surface area contributed by atoms with E-state index in [-0.39, 0.29) is 43.9 Å². The summed E-state index contributed by atoms with van der Waals surface area (Å²) in [6, 6.07) is 2.00. The molecule has 1 aromatic carbocycles. The summed E-state index contributed by atoms with van der Waals surface area (Å²) in [6.07, 6.45) is 5.90. The predicted octanol–water partition coefficient (Wildman–Crippen LogP) is 1.19. The first kappa shape index (κ1) is 22.9. The van der Waals surface area contributed by atoms with Gasteiger partial charge in [-0.3, -0.25) is 9.59 Å². The molecule has 7 nitrogen and oxygen atoms in total. The maximum Gasteiger partial charge on any atom is 0.243 e. The van der Waals surface area contributed by atoms with Crippen molar-refractivity contribution < 1.29 is 18.0 Å². The molecule has 2 N–H and O–H groups in total. The number of rotatable bonds is 6. The van der Waals surface area contributed by atoms with Crippen molar-refractivity contribution in [3.8, 4) is 12.3 Å². The molecule has 1 aliphatic heterocycles. The minimum absolute atomic E-state index is 0.113. The van der Waals surface area contributed by atoms with Crippen LogP contribution in [0.3, 0.4) is 0 Å². The second kappa shape index (κ2) is 9.42. The highest BCUT2D eigenvalue weighted by molar-refractivity contribution is 7.89. The molecule has 0 bridgehead atoms. The first-order valence-corrected chi connectivity index (χ1v) is 11.1. The normalized spacial score (nSPS) is 15.6. The molecule has 2 rings (SSSR count). The van der Waals surface area contributed by atoms with Crippen LogP contribution >= 0.6 is 0 Å². The van der Waals surface area contributed by atoms with Crippen molar-refractivity contribution in [3.05, 3.63) is 28.3 Å². The third-order valence-electron chi connectivity index (χ3n) is 5.53. The van der Waals surface area contributed by atoms with Gasteiger partial charge >= 0.3 is 0 Å². The number of carbonyl (C=O) groups excluding carboxylic acids is 2. The number of hydrogen-bond donors (Lipinski definition) is 2. The number of nitrogens with zero attached hydrogens (tertiary/aromatic N) is 1. The molecule has 0 aliphatic carbocycles. The Morgan fingerprint density at radius 2 is 1.66 bits per heavy atom. The van der Waals surface area contributed by atoms with Crippen LogP contribution in [-0.2, 0) is 19.6 Å². The highest BCUT2D eigenvalue weighted by Crippen LogP contribution is 2.31. The van der Waals surface area contributed by atoms with E-state index in [4.69, 9.17) is 6.42 Å². The van der Waals surface area contributed by atoms with E-state index in [0.717, 1.165) is 22.3 Å². The SMILES string of the molecule is C#CCNC(=O)CNC(=O)C1CCN(S(=O)(=O)c2c(C)c(C)cc(C)c2C)CC1. The molecule has 0 spiro atoms. The van der Waals surface area contributed by atoms with Crippen molar-refractivity contribution in [1.82, 2.24) is 14.9 Å². The van der Waals surface area contributed by atoms with Crippen LogP contribution in [0.2, 0.25) is 0 Å². The van der Waals surface area contributed by atoms with Gasteiger partial charge in [0.15, 0.2) is 0 Å². The predicted molar refractivity (Wildman–Crippen MR) is 112 cm³/mol. The Balaban J connectivity index is 2.03. The highest BCUT2D eigenvalue weighted by Gasteiger charge is 2.34. The molecule has 158 valence electrons. The fourth-order valence-corrected chi connectivity index (χ4v) is 5.62. The molecule has 1 aromatic rings. The smallest absolute Gasteiger partial charge is 0.243 e. The number of carbonyl (C=O) groups is 2. The number of nitrogens with one attached hydrogen (secondary N) is 2. The summed E-state index contributed by atoms with van der Waals surface area (Å²) in [7, 11) is -3.63. The summed E-state index contributed by atoms with van der Waals surface area (Å²) in [6.45, 7) is 8.02. The van der Waals surface area contributed by atoms with Gasteiger partial charge in [-0.05, 0) is 62.8 Å². The van der Waals surface area contributed by atoms with Crippen molar-refractivity contribution in [2.24, 2.45) is 5.92 Å². The summed E-state index contributed by atoms with van der Waals surface area (Å²) in [5, 5.41) is 5.07. The van der Waals surface area contributed by atoms with Crippen molar-refractivity contribution >= 4 is 21.8 Å². The molecular formula is C21H29N3O4S. The van der Waals surface area contributed by atoms with Crippen molar-refractivity contribution in [2.75, 3.05) is 26.2 Å². The third kappa shape index (κ3) is 5.17. The summed E-state index contributed by atoms with van der Waals surface area (Å²) < 4.78 is 28.0. The summed E-state index contributed by atoms with van der Waals surface area (Å²) in [5.41, 5.74) is 3.44. The van der Waals surface area contributed by atoms with Gasteiger partial charge in [0, 0.05) is 19.0 Å². The molecular weight excluding hydrogens is 390 g/mol. The number of sulfonamides is 1. The van der Waals surface area contributed by atoms with Gasteiger partial charge in [0.2, 0.25) is 21.8 Å². The van der Waals surface area contributed by atoms with Gasteiger partial charge in [0.1, 0.15) is 0 Å². The molecule has 1 fully saturated rings. The van der Waals surface area contributed by atoms with Crippen molar-refractivity contribution in [3.63, 3.8) is 0 Å². The maximum absolute atomic E-state index is 13.3. The largest absolute Gasteiger partial charge is 0.347 e. The van der Waals surface area contributed by atoms with Gasteiger partial charge in [-0.25, -0.2) is 8.42 Å². The summed E-state index contributed by atoms with van der Waals surface area (Å²) >= 11 is 0. The molecule has 1 heterocycles. The fraction of sp³-hybridized carbons (Fsp3) is 0.524. The first-order valence-electron chi connectivity index (χ1n) is 9.65.